The lowest BCUT2D eigenvalue weighted by Crippen LogP contribution is -2.19. The summed E-state index contributed by atoms with van der Waals surface area (Å²) in [5, 5.41) is 0. The first-order valence-corrected chi connectivity index (χ1v) is 11.0. The van der Waals surface area contributed by atoms with E-state index in [0.29, 0.717) is 0 Å². The van der Waals surface area contributed by atoms with Gasteiger partial charge in [-0.05, 0) is 40.7 Å². The second-order valence-corrected chi connectivity index (χ2v) is 9.17. The van der Waals surface area contributed by atoms with Crippen molar-refractivity contribution in [3.8, 4) is 0 Å². The van der Waals surface area contributed by atoms with Crippen molar-refractivity contribution in [1.29, 1.82) is 0 Å². The van der Waals surface area contributed by atoms with E-state index in [-0.39, 0.29) is 28.9 Å². The molecule has 0 amide bonds. The largest absolute Gasteiger partial charge is 0.289 e. The van der Waals surface area contributed by atoms with Gasteiger partial charge in [0.05, 0.1) is 0 Å². The maximum atomic E-state index is 12.1. The molecule has 3 heteroatoms. The third-order valence-electron chi connectivity index (χ3n) is 3.15. The predicted octanol–water partition coefficient (Wildman–Crippen LogP) is 7.46. The highest BCUT2D eigenvalue weighted by Crippen LogP contribution is 2.29. The zero-order valence-electron chi connectivity index (χ0n) is 21.3. The van der Waals surface area contributed by atoms with Crippen LogP contribution in [0.3, 0.4) is 0 Å². The first-order chi connectivity index (χ1) is 12.7. The molecule has 3 nitrogen and oxygen atoms in total. The number of hydrogen-bond donors (Lipinski definition) is 1. The molecule has 1 rings (SSSR count). The van der Waals surface area contributed by atoms with Crippen molar-refractivity contribution < 1.29 is 0 Å². The Morgan fingerprint density at radius 2 is 0.929 bits per heavy atom. The minimum absolute atomic E-state index is 0.107. The molecule has 166 valence electrons. The fraction of sp³-hybridized carbons (Fsp3) is 0.760. The van der Waals surface area contributed by atoms with Gasteiger partial charge in [0, 0.05) is 11.6 Å². The van der Waals surface area contributed by atoms with Crippen LogP contribution in [0.5, 0.6) is 0 Å². The Bertz CT molecular complexity index is 612. The standard InChI is InChI=1S/C15H23NO2.2C4H10.C2H6/c1-8(2)11-7-12(17)16-15(18)14(10(5)6)13(11)9(3)4;2*1-4(2)3;1-2/h7-10H,1-6H3,(H,16,17,18);2*4H,1-3H3;1-2H3. The first kappa shape index (κ1) is 31.3. The number of aromatic amines is 1. The fourth-order valence-electron chi connectivity index (χ4n) is 2.41. The monoisotopic (exact) mass is 395 g/mol. The normalized spacial score (nSPS) is 10.2. The van der Waals surface area contributed by atoms with Crippen LogP contribution in [0.2, 0.25) is 0 Å². The van der Waals surface area contributed by atoms with E-state index in [9.17, 15) is 9.59 Å². The molecule has 1 heterocycles. The molecule has 0 saturated carbocycles. The van der Waals surface area contributed by atoms with Gasteiger partial charge in [-0.1, -0.05) is 96.9 Å². The Labute approximate surface area is 175 Å². The van der Waals surface area contributed by atoms with E-state index in [4.69, 9.17) is 0 Å². The number of H-pyrrole nitrogens is 1. The smallest absolute Gasteiger partial charge is 0.254 e. The fourth-order valence-corrected chi connectivity index (χ4v) is 2.41. The maximum absolute atomic E-state index is 12.1. The highest BCUT2D eigenvalue weighted by molar-refractivity contribution is 5.38. The molecule has 0 radical (unpaired) electrons. The van der Waals surface area contributed by atoms with E-state index in [1.54, 1.807) is 6.07 Å². The highest BCUT2D eigenvalue weighted by atomic mass is 16.2. The van der Waals surface area contributed by atoms with E-state index in [1.807, 2.05) is 27.7 Å². The van der Waals surface area contributed by atoms with Crippen molar-refractivity contribution in [1.82, 2.24) is 4.98 Å². The Kier molecular flexibility index (Phi) is 18.5. The van der Waals surface area contributed by atoms with Crippen molar-refractivity contribution in [2.24, 2.45) is 11.8 Å². The van der Waals surface area contributed by atoms with Crippen molar-refractivity contribution >= 4 is 0 Å². The molecule has 0 aromatic carbocycles. The quantitative estimate of drug-likeness (QED) is 0.577. The Morgan fingerprint density at radius 3 is 1.18 bits per heavy atom. The average Bonchev–Trinajstić information content (AvgIpc) is 2.63. The molecule has 0 saturated heterocycles. The van der Waals surface area contributed by atoms with Gasteiger partial charge in [-0.15, -0.1) is 0 Å². The number of hydrogen-bond acceptors (Lipinski definition) is 2. The van der Waals surface area contributed by atoms with Gasteiger partial charge < -0.3 is 0 Å². The number of aromatic nitrogens is 1. The molecule has 0 unspecified atom stereocenters. The molecule has 1 aromatic rings. The van der Waals surface area contributed by atoms with E-state index in [1.165, 1.54) is 0 Å². The van der Waals surface area contributed by atoms with Crippen LogP contribution in [0.25, 0.3) is 0 Å². The zero-order valence-corrected chi connectivity index (χ0v) is 21.3. The van der Waals surface area contributed by atoms with Crippen LogP contribution in [0.15, 0.2) is 15.7 Å². The van der Waals surface area contributed by atoms with E-state index < -0.39 is 0 Å². The zero-order chi connectivity index (χ0) is 23.2. The maximum Gasteiger partial charge on any atom is 0.254 e. The lowest BCUT2D eigenvalue weighted by molar-refractivity contribution is 0.736. The molecule has 28 heavy (non-hydrogen) atoms. The third kappa shape index (κ3) is 14.6. The first-order valence-electron chi connectivity index (χ1n) is 11.0. The van der Waals surface area contributed by atoms with Gasteiger partial charge in [0.15, 0.2) is 0 Å². The van der Waals surface area contributed by atoms with Crippen LogP contribution >= 0.6 is 0 Å². The summed E-state index contributed by atoms with van der Waals surface area (Å²) in [7, 11) is 0. The summed E-state index contributed by atoms with van der Waals surface area (Å²) in [6.07, 6.45) is 0. The third-order valence-corrected chi connectivity index (χ3v) is 3.15. The van der Waals surface area contributed by atoms with E-state index in [2.05, 4.69) is 74.2 Å². The van der Waals surface area contributed by atoms with Crippen molar-refractivity contribution in [2.45, 2.75) is 115 Å². The van der Waals surface area contributed by atoms with Gasteiger partial charge in [-0.25, -0.2) is 0 Å². The topological polar surface area (TPSA) is 49.9 Å². The van der Waals surface area contributed by atoms with E-state index >= 15 is 0 Å². The van der Waals surface area contributed by atoms with Crippen LogP contribution in [0.1, 0.15) is 131 Å². The number of rotatable bonds is 3. The van der Waals surface area contributed by atoms with Crippen LogP contribution in [0, 0.1) is 11.8 Å². The SMILES string of the molecule is CC.CC(C)C.CC(C)C.CC(C)c1cc(=O)[nH]c(=O)c(C(C)C)c1C(C)C. The summed E-state index contributed by atoms with van der Waals surface area (Å²) in [5.74, 6) is 2.23. The van der Waals surface area contributed by atoms with Gasteiger partial charge in [-0.2, -0.15) is 0 Å². The van der Waals surface area contributed by atoms with Gasteiger partial charge in [0.2, 0.25) is 0 Å². The lowest BCUT2D eigenvalue weighted by Gasteiger charge is -2.18. The summed E-state index contributed by atoms with van der Waals surface area (Å²) in [5.41, 5.74) is 2.21. The van der Waals surface area contributed by atoms with Crippen molar-refractivity contribution in [3.05, 3.63) is 43.5 Å². The Balaban J connectivity index is -0.000000522. The average molecular weight is 396 g/mol. The summed E-state index contributed by atoms with van der Waals surface area (Å²) >= 11 is 0. The van der Waals surface area contributed by atoms with Gasteiger partial charge in [0.25, 0.3) is 11.1 Å². The molecule has 0 aliphatic rings. The molecule has 0 aliphatic heterocycles. The van der Waals surface area contributed by atoms with Gasteiger partial charge >= 0.3 is 0 Å². The summed E-state index contributed by atoms with van der Waals surface area (Å²) in [6.45, 7) is 29.2. The molecule has 0 aliphatic carbocycles. The minimum atomic E-state index is -0.308. The van der Waals surface area contributed by atoms with E-state index in [0.717, 1.165) is 28.5 Å². The van der Waals surface area contributed by atoms with Crippen molar-refractivity contribution in [2.75, 3.05) is 0 Å². The molecule has 0 atom stereocenters. The molecule has 1 aromatic heterocycles. The predicted molar refractivity (Wildman–Crippen MR) is 128 cm³/mol. The lowest BCUT2D eigenvalue weighted by atomic mass is 9.86. The second kappa shape index (κ2) is 16.6. The molecule has 0 fully saturated rings. The van der Waals surface area contributed by atoms with Gasteiger partial charge in [0.1, 0.15) is 0 Å². The molecular formula is C25H49NO2. The van der Waals surface area contributed by atoms with Gasteiger partial charge in [-0.3, -0.25) is 14.6 Å². The van der Waals surface area contributed by atoms with Crippen LogP contribution in [0.4, 0.5) is 0 Å². The second-order valence-electron chi connectivity index (χ2n) is 9.17. The summed E-state index contributed by atoms with van der Waals surface area (Å²) in [4.78, 5) is 26.3. The number of nitrogens with one attached hydrogen (secondary N) is 1. The summed E-state index contributed by atoms with van der Waals surface area (Å²) in [6, 6.07) is 1.58. The molecular weight excluding hydrogens is 346 g/mol. The molecule has 0 bridgehead atoms. The Morgan fingerprint density at radius 1 is 0.607 bits per heavy atom. The highest BCUT2D eigenvalue weighted by Gasteiger charge is 2.19. The van der Waals surface area contributed by atoms with Crippen molar-refractivity contribution in [3.63, 3.8) is 0 Å². The Hall–Kier alpha value is -1.38. The molecule has 0 spiro atoms. The van der Waals surface area contributed by atoms with Crippen LogP contribution in [-0.2, 0) is 0 Å². The summed E-state index contributed by atoms with van der Waals surface area (Å²) < 4.78 is 0. The minimum Gasteiger partial charge on any atom is -0.289 e. The van der Waals surface area contributed by atoms with Crippen LogP contribution < -0.4 is 11.1 Å². The van der Waals surface area contributed by atoms with Crippen LogP contribution in [-0.4, -0.2) is 4.98 Å². The molecule has 1 N–H and O–H groups in total.